The molecule has 5 heteroatoms. The topological polar surface area (TPSA) is 39.5 Å². The van der Waals surface area contributed by atoms with Crippen molar-refractivity contribution in [3.63, 3.8) is 0 Å². The molecular formula is C54H33N5. The number of imidazole rings is 1. The van der Waals surface area contributed by atoms with Gasteiger partial charge >= 0.3 is 0 Å². The quantitative estimate of drug-likeness (QED) is 0.176. The highest BCUT2D eigenvalue weighted by Gasteiger charge is 2.21. The molecule has 59 heavy (non-hydrogen) atoms. The van der Waals surface area contributed by atoms with E-state index in [0.717, 1.165) is 50.8 Å². The van der Waals surface area contributed by atoms with E-state index in [4.69, 9.17) is 9.97 Å². The zero-order chi connectivity index (χ0) is 38.6. The van der Waals surface area contributed by atoms with Crippen LogP contribution in [-0.2, 0) is 0 Å². The molecule has 274 valence electrons. The van der Waals surface area contributed by atoms with Gasteiger partial charge in [0.05, 0.1) is 45.0 Å². The smallest absolute Gasteiger partial charge is 0.146 e. The van der Waals surface area contributed by atoms with E-state index in [9.17, 15) is 0 Å². The van der Waals surface area contributed by atoms with Gasteiger partial charge in [-0.25, -0.2) is 9.97 Å². The van der Waals surface area contributed by atoms with Crippen molar-refractivity contribution < 1.29 is 0 Å². The summed E-state index contributed by atoms with van der Waals surface area (Å²) in [7, 11) is 0. The Morgan fingerprint density at radius 3 is 1.59 bits per heavy atom. The molecule has 0 atom stereocenters. The Hall–Kier alpha value is -8.02. The summed E-state index contributed by atoms with van der Waals surface area (Å²) in [6, 6.07) is 69.8. The molecule has 0 aliphatic heterocycles. The molecule has 0 amide bonds. The second kappa shape index (κ2) is 12.2. The van der Waals surface area contributed by atoms with E-state index >= 15 is 0 Å². The normalized spacial score (nSPS) is 12.1. The lowest BCUT2D eigenvalue weighted by Crippen LogP contribution is -2.01. The molecule has 0 N–H and O–H groups in total. The third-order valence-electron chi connectivity index (χ3n) is 12.2. The van der Waals surface area contributed by atoms with Gasteiger partial charge in [-0.1, -0.05) is 133 Å². The summed E-state index contributed by atoms with van der Waals surface area (Å²) < 4.78 is 7.01. The van der Waals surface area contributed by atoms with Crippen LogP contribution in [0.1, 0.15) is 0 Å². The van der Waals surface area contributed by atoms with Crippen LogP contribution in [0.5, 0.6) is 0 Å². The van der Waals surface area contributed by atoms with E-state index in [0.29, 0.717) is 0 Å². The molecule has 0 bridgehead atoms. The molecule has 5 aromatic heterocycles. The molecule has 13 aromatic rings. The van der Waals surface area contributed by atoms with Crippen molar-refractivity contribution in [2.24, 2.45) is 0 Å². The van der Waals surface area contributed by atoms with Crippen molar-refractivity contribution >= 4 is 65.4 Å². The zero-order valence-corrected chi connectivity index (χ0v) is 31.8. The van der Waals surface area contributed by atoms with Crippen molar-refractivity contribution in [1.82, 2.24) is 23.3 Å². The monoisotopic (exact) mass is 751 g/mol. The SMILES string of the molecule is c1ccc(-c2ncc3cc(-c4cccc(-n5c6ccccc6c6cc(-c7cc8c9ccccc9n9c%10ccccc%10c(c7)c89)ccc65)c4)nc(-c4ccccc4)n23)cc1. The van der Waals surface area contributed by atoms with E-state index < -0.39 is 0 Å². The number of rotatable bonds is 5. The van der Waals surface area contributed by atoms with E-state index in [1.165, 1.54) is 65.5 Å². The maximum atomic E-state index is 5.37. The first-order valence-electron chi connectivity index (χ1n) is 20.1. The molecule has 0 spiro atoms. The van der Waals surface area contributed by atoms with E-state index in [1.54, 1.807) is 0 Å². The van der Waals surface area contributed by atoms with Gasteiger partial charge in [0.15, 0.2) is 0 Å². The van der Waals surface area contributed by atoms with Gasteiger partial charge in [0.1, 0.15) is 11.6 Å². The Morgan fingerprint density at radius 1 is 0.339 bits per heavy atom. The minimum absolute atomic E-state index is 0.856. The largest absolute Gasteiger partial charge is 0.309 e. The van der Waals surface area contributed by atoms with Crippen LogP contribution in [0.25, 0.3) is 116 Å². The Labute approximate surface area is 338 Å². The number of hydrogen-bond donors (Lipinski definition) is 0. The van der Waals surface area contributed by atoms with Crippen LogP contribution in [0.3, 0.4) is 0 Å². The summed E-state index contributed by atoms with van der Waals surface area (Å²) in [5, 5.41) is 7.60. The summed E-state index contributed by atoms with van der Waals surface area (Å²) in [6.07, 6.45) is 1.95. The molecule has 0 radical (unpaired) electrons. The second-order valence-corrected chi connectivity index (χ2v) is 15.5. The molecule has 0 unspecified atom stereocenters. The first-order valence-corrected chi connectivity index (χ1v) is 20.1. The summed E-state index contributed by atoms with van der Waals surface area (Å²) in [5.41, 5.74) is 14.6. The minimum atomic E-state index is 0.856. The fraction of sp³-hybridized carbons (Fsp3) is 0. The van der Waals surface area contributed by atoms with Gasteiger partial charge < -0.3 is 8.97 Å². The Balaban J connectivity index is 0.982. The third-order valence-corrected chi connectivity index (χ3v) is 12.2. The Kier molecular flexibility index (Phi) is 6.66. The third kappa shape index (κ3) is 4.67. The first kappa shape index (κ1) is 32.1. The molecule has 5 nitrogen and oxygen atoms in total. The molecule has 0 aliphatic rings. The van der Waals surface area contributed by atoms with Crippen molar-refractivity contribution in [3.05, 3.63) is 200 Å². The summed E-state index contributed by atoms with van der Waals surface area (Å²) in [4.78, 5) is 10.3. The number of para-hydroxylation sites is 3. The van der Waals surface area contributed by atoms with Gasteiger partial charge in [0.2, 0.25) is 0 Å². The highest BCUT2D eigenvalue weighted by Crippen LogP contribution is 2.43. The molecule has 13 rings (SSSR count). The number of nitrogens with zero attached hydrogens (tertiary/aromatic N) is 5. The predicted octanol–water partition coefficient (Wildman–Crippen LogP) is 13.6. The highest BCUT2D eigenvalue weighted by molar-refractivity contribution is 6.24. The standard InChI is InChI=1S/C54H33N5/c1-3-14-34(15-4-1)53-55-33-40-32-47(56-54(58(40)53)35-16-5-2-6-17-35)37-18-13-19-39(28-37)57-48-23-10-7-20-41(48)44-29-36(26-27-51(44)57)38-30-45-42-21-8-11-24-49(42)59-50-25-12-9-22-43(50)46(31-38)52(45)59/h1-33H. The van der Waals surface area contributed by atoms with Crippen LogP contribution in [0.15, 0.2) is 200 Å². The van der Waals surface area contributed by atoms with Crippen LogP contribution in [0.2, 0.25) is 0 Å². The molecule has 0 saturated heterocycles. The van der Waals surface area contributed by atoms with Crippen LogP contribution in [0.4, 0.5) is 0 Å². The lowest BCUT2D eigenvalue weighted by atomic mass is 9.98. The molecular weight excluding hydrogens is 719 g/mol. The van der Waals surface area contributed by atoms with Gasteiger partial charge in [0.25, 0.3) is 0 Å². The van der Waals surface area contributed by atoms with Gasteiger partial charge in [-0.15, -0.1) is 0 Å². The van der Waals surface area contributed by atoms with Crippen LogP contribution >= 0.6 is 0 Å². The summed E-state index contributed by atoms with van der Waals surface area (Å²) in [6.45, 7) is 0. The lowest BCUT2D eigenvalue weighted by Gasteiger charge is -2.13. The fourth-order valence-corrected chi connectivity index (χ4v) is 9.60. The van der Waals surface area contributed by atoms with E-state index in [-0.39, 0.29) is 0 Å². The van der Waals surface area contributed by atoms with Crippen molar-refractivity contribution in [2.45, 2.75) is 0 Å². The first-order chi connectivity index (χ1) is 29.3. The van der Waals surface area contributed by atoms with Crippen molar-refractivity contribution in [3.8, 4) is 50.8 Å². The molecule has 0 saturated carbocycles. The number of hydrogen-bond acceptors (Lipinski definition) is 2. The number of fused-ring (bicyclic) bond motifs is 10. The Bertz CT molecular complexity index is 3690. The van der Waals surface area contributed by atoms with Crippen LogP contribution in [0, 0.1) is 0 Å². The van der Waals surface area contributed by atoms with Gasteiger partial charge in [-0.3, -0.25) is 4.40 Å². The van der Waals surface area contributed by atoms with Crippen LogP contribution in [-0.4, -0.2) is 23.3 Å². The van der Waals surface area contributed by atoms with Gasteiger partial charge in [0, 0.05) is 54.7 Å². The molecule has 8 aromatic carbocycles. The minimum Gasteiger partial charge on any atom is -0.309 e. The maximum absolute atomic E-state index is 5.37. The maximum Gasteiger partial charge on any atom is 0.146 e. The van der Waals surface area contributed by atoms with E-state index in [1.807, 2.05) is 18.3 Å². The molecule has 5 heterocycles. The predicted molar refractivity (Wildman–Crippen MR) is 244 cm³/mol. The number of benzene rings is 8. The lowest BCUT2D eigenvalue weighted by molar-refractivity contribution is 1.09. The average Bonchev–Trinajstić information content (AvgIpc) is 4.07. The summed E-state index contributed by atoms with van der Waals surface area (Å²) >= 11 is 0. The molecule has 0 fully saturated rings. The fourth-order valence-electron chi connectivity index (χ4n) is 9.60. The van der Waals surface area contributed by atoms with E-state index in [2.05, 4.69) is 195 Å². The molecule has 0 aliphatic carbocycles. The zero-order valence-electron chi connectivity index (χ0n) is 31.8. The van der Waals surface area contributed by atoms with Crippen molar-refractivity contribution in [2.75, 3.05) is 0 Å². The van der Waals surface area contributed by atoms with Crippen molar-refractivity contribution in [1.29, 1.82) is 0 Å². The van der Waals surface area contributed by atoms with Gasteiger partial charge in [-0.05, 0) is 71.8 Å². The average molecular weight is 752 g/mol. The second-order valence-electron chi connectivity index (χ2n) is 15.5. The van der Waals surface area contributed by atoms with Crippen LogP contribution < -0.4 is 0 Å². The Morgan fingerprint density at radius 2 is 0.898 bits per heavy atom. The highest BCUT2D eigenvalue weighted by atomic mass is 15.1. The number of aromatic nitrogens is 5. The van der Waals surface area contributed by atoms with Gasteiger partial charge in [-0.2, -0.15) is 0 Å². The summed E-state index contributed by atoms with van der Waals surface area (Å²) in [5.74, 6) is 1.73.